The smallest absolute Gasteiger partial charge is 0.401 e. The second-order valence-electron chi connectivity index (χ2n) is 10.1. The molecule has 2 N–H and O–H groups in total. The number of anilines is 1. The van der Waals surface area contributed by atoms with Crippen molar-refractivity contribution in [2.75, 3.05) is 25.0 Å². The zero-order valence-electron chi connectivity index (χ0n) is 21.1. The third kappa shape index (κ3) is 5.55. The number of pyridine rings is 2. The highest BCUT2D eigenvalue weighted by Crippen LogP contribution is 2.33. The zero-order chi connectivity index (χ0) is 27.2. The number of oxazole rings is 1. The standard InChI is InChI=1S/C26H27F3N6O3/c1-15-8-16(4-6-30-15)24-33-21(13-38-24)23(36)32-20-12-35-11-19(31-22(35)9-18(20)25(2,3)37)17-5-7-34(10-17)14-26(27,28)29/h4,6,8-9,11-13,17,37H,5,7,10,14H2,1-3H3,(H,32,36). The van der Waals surface area contributed by atoms with Gasteiger partial charge >= 0.3 is 6.18 Å². The molecule has 9 nitrogen and oxygen atoms in total. The predicted octanol–water partition coefficient (Wildman–Crippen LogP) is 4.52. The maximum Gasteiger partial charge on any atom is 0.401 e. The molecule has 1 unspecified atom stereocenters. The molecule has 1 amide bonds. The van der Waals surface area contributed by atoms with Gasteiger partial charge in [0.05, 0.1) is 23.5 Å². The van der Waals surface area contributed by atoms with Crippen molar-refractivity contribution in [2.45, 2.75) is 44.9 Å². The molecular weight excluding hydrogens is 501 g/mol. The van der Waals surface area contributed by atoms with Gasteiger partial charge in [-0.05, 0) is 51.9 Å². The fourth-order valence-corrected chi connectivity index (χ4v) is 4.70. The number of rotatable bonds is 6. The maximum absolute atomic E-state index is 13.1. The summed E-state index contributed by atoms with van der Waals surface area (Å²) in [5, 5.41) is 13.6. The van der Waals surface area contributed by atoms with Gasteiger partial charge in [0, 0.05) is 47.9 Å². The number of aliphatic hydroxyl groups is 1. The minimum absolute atomic E-state index is 0.0540. The molecule has 5 rings (SSSR count). The summed E-state index contributed by atoms with van der Waals surface area (Å²) in [5.74, 6) is -0.407. The number of imidazole rings is 1. The molecule has 1 fully saturated rings. The van der Waals surface area contributed by atoms with Crippen LogP contribution in [0.3, 0.4) is 0 Å². The quantitative estimate of drug-likeness (QED) is 0.379. The molecular formula is C26H27F3N6O3. The summed E-state index contributed by atoms with van der Waals surface area (Å²) in [6.45, 7) is 4.67. The van der Waals surface area contributed by atoms with E-state index in [2.05, 4.69) is 20.3 Å². The maximum atomic E-state index is 13.1. The number of alkyl halides is 3. The average molecular weight is 529 g/mol. The number of hydrogen-bond acceptors (Lipinski definition) is 7. The number of nitrogens with one attached hydrogen (secondary N) is 1. The van der Waals surface area contributed by atoms with Gasteiger partial charge in [-0.3, -0.25) is 14.7 Å². The van der Waals surface area contributed by atoms with Crippen LogP contribution in [0.2, 0.25) is 0 Å². The summed E-state index contributed by atoms with van der Waals surface area (Å²) in [6.07, 6.45) is 2.58. The van der Waals surface area contributed by atoms with E-state index >= 15 is 0 Å². The van der Waals surface area contributed by atoms with Gasteiger partial charge in [-0.25, -0.2) is 9.97 Å². The summed E-state index contributed by atoms with van der Waals surface area (Å²) < 4.78 is 45.6. The van der Waals surface area contributed by atoms with E-state index in [1.807, 2.05) is 6.92 Å². The lowest BCUT2D eigenvalue weighted by Crippen LogP contribution is -2.32. The van der Waals surface area contributed by atoms with Crippen LogP contribution in [-0.4, -0.2) is 61.1 Å². The Balaban J connectivity index is 1.40. The second kappa shape index (κ2) is 9.52. The van der Waals surface area contributed by atoms with Crippen molar-refractivity contribution in [2.24, 2.45) is 0 Å². The van der Waals surface area contributed by atoms with Gasteiger partial charge in [0.25, 0.3) is 5.91 Å². The average Bonchev–Trinajstić information content (AvgIpc) is 3.56. The monoisotopic (exact) mass is 528 g/mol. The Labute approximate surface area is 216 Å². The third-order valence-corrected chi connectivity index (χ3v) is 6.49. The third-order valence-electron chi connectivity index (χ3n) is 6.49. The van der Waals surface area contributed by atoms with Gasteiger partial charge in [0.1, 0.15) is 11.9 Å². The van der Waals surface area contributed by atoms with E-state index in [1.54, 1.807) is 55.0 Å². The van der Waals surface area contributed by atoms with Gasteiger partial charge < -0.3 is 19.2 Å². The second-order valence-corrected chi connectivity index (χ2v) is 10.1. The molecule has 200 valence electrons. The number of aromatic nitrogens is 4. The highest BCUT2D eigenvalue weighted by atomic mass is 19.4. The summed E-state index contributed by atoms with van der Waals surface area (Å²) in [5.41, 5.74) is 2.13. The first kappa shape index (κ1) is 25.9. The molecule has 5 heterocycles. The molecule has 0 bridgehead atoms. The molecule has 0 radical (unpaired) electrons. The van der Waals surface area contributed by atoms with Gasteiger partial charge in [0.15, 0.2) is 5.69 Å². The molecule has 4 aromatic heterocycles. The predicted molar refractivity (Wildman–Crippen MR) is 133 cm³/mol. The van der Waals surface area contributed by atoms with Crippen LogP contribution in [0.5, 0.6) is 0 Å². The Hall–Kier alpha value is -3.77. The van der Waals surface area contributed by atoms with E-state index < -0.39 is 24.2 Å². The minimum Gasteiger partial charge on any atom is -0.444 e. The minimum atomic E-state index is -4.25. The number of fused-ring (bicyclic) bond motifs is 1. The van der Waals surface area contributed by atoms with Crippen LogP contribution in [0.15, 0.2) is 47.5 Å². The van der Waals surface area contributed by atoms with Crippen molar-refractivity contribution < 1.29 is 27.5 Å². The van der Waals surface area contributed by atoms with E-state index in [9.17, 15) is 23.1 Å². The largest absolute Gasteiger partial charge is 0.444 e. The van der Waals surface area contributed by atoms with E-state index in [4.69, 9.17) is 4.42 Å². The van der Waals surface area contributed by atoms with Gasteiger partial charge in [0.2, 0.25) is 5.89 Å². The molecule has 1 atom stereocenters. The van der Waals surface area contributed by atoms with Crippen molar-refractivity contribution in [1.82, 2.24) is 24.3 Å². The lowest BCUT2D eigenvalue weighted by atomic mass is 9.97. The molecule has 0 spiro atoms. The van der Waals surface area contributed by atoms with Gasteiger partial charge in [-0.1, -0.05) is 0 Å². The van der Waals surface area contributed by atoms with E-state index in [0.717, 1.165) is 5.69 Å². The number of amides is 1. The van der Waals surface area contributed by atoms with Crippen molar-refractivity contribution in [3.8, 4) is 11.5 Å². The molecule has 0 aromatic carbocycles. The van der Waals surface area contributed by atoms with Crippen LogP contribution >= 0.6 is 0 Å². The zero-order valence-corrected chi connectivity index (χ0v) is 21.1. The van der Waals surface area contributed by atoms with E-state index in [-0.39, 0.29) is 24.0 Å². The fourth-order valence-electron chi connectivity index (χ4n) is 4.70. The van der Waals surface area contributed by atoms with Crippen molar-refractivity contribution >= 4 is 17.2 Å². The fraction of sp³-hybridized carbons (Fsp3) is 0.385. The summed E-state index contributed by atoms with van der Waals surface area (Å²) in [4.78, 5) is 27.5. The van der Waals surface area contributed by atoms with Crippen molar-refractivity contribution in [1.29, 1.82) is 0 Å². The molecule has 1 saturated heterocycles. The van der Waals surface area contributed by atoms with E-state index in [1.165, 1.54) is 11.2 Å². The normalized spacial score (nSPS) is 16.9. The molecule has 0 aliphatic carbocycles. The Morgan fingerprint density at radius 1 is 1.24 bits per heavy atom. The first-order chi connectivity index (χ1) is 17.9. The van der Waals surface area contributed by atoms with Crippen LogP contribution in [0.4, 0.5) is 18.9 Å². The number of carbonyl (C=O) groups is 1. The Morgan fingerprint density at radius 3 is 2.74 bits per heavy atom. The topological polar surface area (TPSA) is 109 Å². The number of nitrogens with zero attached hydrogens (tertiary/aromatic N) is 5. The van der Waals surface area contributed by atoms with Crippen LogP contribution in [0, 0.1) is 6.92 Å². The van der Waals surface area contributed by atoms with Crippen molar-refractivity contribution in [3.63, 3.8) is 0 Å². The number of halogens is 3. The molecule has 0 saturated carbocycles. The van der Waals surface area contributed by atoms with Crippen LogP contribution in [-0.2, 0) is 5.60 Å². The van der Waals surface area contributed by atoms with Gasteiger partial charge in [-0.2, -0.15) is 13.2 Å². The highest BCUT2D eigenvalue weighted by molar-refractivity contribution is 6.03. The Bertz CT molecular complexity index is 1490. The molecule has 38 heavy (non-hydrogen) atoms. The lowest BCUT2D eigenvalue weighted by molar-refractivity contribution is -0.143. The lowest BCUT2D eigenvalue weighted by Gasteiger charge is -2.22. The highest BCUT2D eigenvalue weighted by Gasteiger charge is 2.35. The summed E-state index contributed by atoms with van der Waals surface area (Å²) in [6, 6.07) is 5.18. The van der Waals surface area contributed by atoms with Gasteiger partial charge in [-0.15, -0.1) is 0 Å². The first-order valence-corrected chi connectivity index (χ1v) is 12.1. The summed E-state index contributed by atoms with van der Waals surface area (Å²) >= 11 is 0. The first-order valence-electron chi connectivity index (χ1n) is 12.1. The molecule has 12 heteroatoms. The van der Waals surface area contributed by atoms with E-state index in [0.29, 0.717) is 41.1 Å². The Kier molecular flexibility index (Phi) is 6.48. The SMILES string of the molecule is Cc1cc(-c2nc(C(=O)Nc3cn4cc(C5CCN(CC(F)(F)F)C5)nc4cc3C(C)(C)O)co2)ccn1. The number of likely N-dealkylation sites (tertiary alicyclic amines) is 1. The number of carbonyl (C=O) groups excluding carboxylic acids is 1. The van der Waals surface area contributed by atoms with Crippen LogP contribution in [0.1, 0.15) is 53.6 Å². The summed E-state index contributed by atoms with van der Waals surface area (Å²) in [7, 11) is 0. The van der Waals surface area contributed by atoms with Crippen LogP contribution < -0.4 is 5.32 Å². The number of hydrogen-bond donors (Lipinski definition) is 2. The number of aryl methyl sites for hydroxylation is 1. The molecule has 4 aromatic rings. The van der Waals surface area contributed by atoms with Crippen LogP contribution in [0.25, 0.3) is 17.1 Å². The van der Waals surface area contributed by atoms with Crippen molar-refractivity contribution in [3.05, 3.63) is 65.7 Å². The Morgan fingerprint density at radius 2 is 2.03 bits per heavy atom. The molecule has 1 aliphatic heterocycles. The molecule has 1 aliphatic rings.